The van der Waals surface area contributed by atoms with Crippen molar-refractivity contribution >= 4 is 0 Å². The van der Waals surface area contributed by atoms with Gasteiger partial charge in [0.25, 0.3) is 0 Å². The van der Waals surface area contributed by atoms with Crippen molar-refractivity contribution in [2.45, 2.75) is 70.8 Å². The minimum atomic E-state index is 0.847. The molecule has 1 aliphatic heterocycles. The lowest BCUT2D eigenvalue weighted by Crippen LogP contribution is -2.27. The Balaban J connectivity index is 1.98. The van der Waals surface area contributed by atoms with Crippen LogP contribution in [-0.4, -0.2) is 12.6 Å². The summed E-state index contributed by atoms with van der Waals surface area (Å²) in [5.74, 6) is 0. The first kappa shape index (κ1) is 11.0. The third-order valence-electron chi connectivity index (χ3n) is 3.07. The molecule has 1 heteroatoms. The van der Waals surface area contributed by atoms with Gasteiger partial charge in [0.2, 0.25) is 0 Å². The van der Waals surface area contributed by atoms with Crippen molar-refractivity contribution < 1.29 is 0 Å². The lowest BCUT2D eigenvalue weighted by molar-refractivity contribution is 0.452. The van der Waals surface area contributed by atoms with Crippen LogP contribution >= 0.6 is 0 Å². The van der Waals surface area contributed by atoms with E-state index >= 15 is 0 Å². The number of hydrogen-bond acceptors (Lipinski definition) is 1. The maximum atomic E-state index is 3.66. The van der Waals surface area contributed by atoms with E-state index in [1.165, 1.54) is 64.3 Å². The quantitative estimate of drug-likeness (QED) is 0.643. The van der Waals surface area contributed by atoms with Gasteiger partial charge in [-0.25, -0.2) is 0 Å². The molecule has 0 saturated carbocycles. The summed E-state index contributed by atoms with van der Waals surface area (Å²) in [4.78, 5) is 0. The van der Waals surface area contributed by atoms with E-state index in [9.17, 15) is 0 Å². The van der Waals surface area contributed by atoms with Crippen LogP contribution in [0.5, 0.6) is 0 Å². The molecular weight excluding hydrogens is 158 g/mol. The van der Waals surface area contributed by atoms with E-state index in [-0.39, 0.29) is 0 Å². The third kappa shape index (κ3) is 5.30. The molecule has 1 heterocycles. The normalized spacial score (nSPS) is 24.2. The van der Waals surface area contributed by atoms with Crippen molar-refractivity contribution in [3.63, 3.8) is 0 Å². The Hall–Kier alpha value is -0.0400. The number of rotatable bonds is 5. The lowest BCUT2D eigenvalue weighted by atomic mass is 10.0. The zero-order chi connectivity index (χ0) is 9.36. The Morgan fingerprint density at radius 2 is 2.00 bits per heavy atom. The predicted molar refractivity (Wildman–Crippen MR) is 59.0 cm³/mol. The maximum Gasteiger partial charge on any atom is 0.00670 e. The minimum absolute atomic E-state index is 0.847. The van der Waals surface area contributed by atoms with Crippen LogP contribution in [0.1, 0.15) is 64.7 Å². The maximum absolute atomic E-state index is 3.66. The van der Waals surface area contributed by atoms with Crippen molar-refractivity contribution in [3.8, 4) is 0 Å². The van der Waals surface area contributed by atoms with Crippen LogP contribution in [0.15, 0.2) is 0 Å². The summed E-state index contributed by atoms with van der Waals surface area (Å²) in [6, 6.07) is 0.847. The van der Waals surface area contributed by atoms with Crippen molar-refractivity contribution in [2.75, 3.05) is 6.54 Å². The van der Waals surface area contributed by atoms with Gasteiger partial charge in [-0.15, -0.1) is 0 Å². The van der Waals surface area contributed by atoms with E-state index in [2.05, 4.69) is 12.2 Å². The number of unbranched alkanes of at least 4 members (excludes halogenated alkanes) is 3. The number of hydrogen-bond donors (Lipinski definition) is 1. The molecule has 1 atom stereocenters. The molecule has 1 N–H and O–H groups in total. The highest BCUT2D eigenvalue weighted by Gasteiger charge is 2.09. The average Bonchev–Trinajstić information content (AvgIpc) is 2.41. The summed E-state index contributed by atoms with van der Waals surface area (Å²) < 4.78 is 0. The highest BCUT2D eigenvalue weighted by atomic mass is 14.9. The molecule has 0 spiro atoms. The zero-order valence-electron chi connectivity index (χ0n) is 9.15. The Kier molecular flexibility index (Phi) is 6.26. The third-order valence-corrected chi connectivity index (χ3v) is 3.07. The van der Waals surface area contributed by atoms with Crippen molar-refractivity contribution in [3.05, 3.63) is 0 Å². The van der Waals surface area contributed by atoms with Gasteiger partial charge in [0.15, 0.2) is 0 Å². The molecule has 0 amide bonds. The van der Waals surface area contributed by atoms with Crippen molar-refractivity contribution in [1.29, 1.82) is 0 Å². The summed E-state index contributed by atoms with van der Waals surface area (Å²) in [5.41, 5.74) is 0. The minimum Gasteiger partial charge on any atom is -0.314 e. The Labute approximate surface area is 83.3 Å². The predicted octanol–water partition coefficient (Wildman–Crippen LogP) is 3.49. The van der Waals surface area contributed by atoms with Crippen LogP contribution < -0.4 is 5.32 Å². The second-order valence-corrected chi connectivity index (χ2v) is 4.35. The second-order valence-electron chi connectivity index (χ2n) is 4.35. The zero-order valence-corrected chi connectivity index (χ0v) is 9.15. The van der Waals surface area contributed by atoms with Crippen LogP contribution in [0.25, 0.3) is 0 Å². The molecule has 78 valence electrons. The van der Waals surface area contributed by atoms with E-state index in [0.29, 0.717) is 0 Å². The molecular formula is C12H25N. The van der Waals surface area contributed by atoms with Crippen molar-refractivity contribution in [1.82, 2.24) is 5.32 Å². The van der Waals surface area contributed by atoms with E-state index in [1.54, 1.807) is 0 Å². The monoisotopic (exact) mass is 183 g/mol. The molecule has 1 saturated heterocycles. The SMILES string of the molecule is CCCCCC[C@@H]1CCCCCN1. The molecule has 0 aromatic rings. The molecule has 0 bridgehead atoms. The van der Waals surface area contributed by atoms with Gasteiger partial charge in [0, 0.05) is 6.04 Å². The Bertz CT molecular complexity index is 104. The molecule has 1 nitrogen and oxygen atoms in total. The largest absolute Gasteiger partial charge is 0.314 e. The standard InChI is InChI=1S/C12H25N/c1-2-3-4-6-9-12-10-7-5-8-11-13-12/h12-13H,2-11H2,1H3/t12-/m1/s1. The molecule has 0 unspecified atom stereocenters. The second kappa shape index (κ2) is 7.37. The van der Waals surface area contributed by atoms with E-state index in [4.69, 9.17) is 0 Å². The first-order valence-corrected chi connectivity index (χ1v) is 6.17. The molecule has 1 rings (SSSR count). The Morgan fingerprint density at radius 3 is 2.85 bits per heavy atom. The molecule has 0 radical (unpaired) electrons. The topological polar surface area (TPSA) is 12.0 Å². The van der Waals surface area contributed by atoms with Gasteiger partial charge in [-0.1, -0.05) is 45.4 Å². The van der Waals surface area contributed by atoms with Crippen LogP contribution in [-0.2, 0) is 0 Å². The van der Waals surface area contributed by atoms with Gasteiger partial charge in [-0.3, -0.25) is 0 Å². The lowest BCUT2D eigenvalue weighted by Gasteiger charge is -2.14. The van der Waals surface area contributed by atoms with Crippen molar-refractivity contribution in [2.24, 2.45) is 0 Å². The summed E-state index contributed by atoms with van der Waals surface area (Å²) in [5, 5.41) is 3.66. The van der Waals surface area contributed by atoms with Gasteiger partial charge in [-0.2, -0.15) is 0 Å². The fourth-order valence-corrected chi connectivity index (χ4v) is 2.16. The molecule has 0 aromatic heterocycles. The highest BCUT2D eigenvalue weighted by molar-refractivity contribution is 4.70. The average molecular weight is 183 g/mol. The fourth-order valence-electron chi connectivity index (χ4n) is 2.16. The van der Waals surface area contributed by atoms with Crippen LogP contribution in [0.4, 0.5) is 0 Å². The molecule has 0 aromatic carbocycles. The van der Waals surface area contributed by atoms with Gasteiger partial charge in [-0.05, 0) is 25.8 Å². The van der Waals surface area contributed by atoms with E-state index < -0.39 is 0 Å². The summed E-state index contributed by atoms with van der Waals surface area (Å²) in [6.07, 6.45) is 12.8. The van der Waals surface area contributed by atoms with E-state index in [1.807, 2.05) is 0 Å². The molecule has 1 aliphatic rings. The number of nitrogens with one attached hydrogen (secondary N) is 1. The summed E-state index contributed by atoms with van der Waals surface area (Å²) in [6.45, 7) is 3.54. The Morgan fingerprint density at radius 1 is 1.08 bits per heavy atom. The van der Waals surface area contributed by atoms with E-state index in [0.717, 1.165) is 6.04 Å². The van der Waals surface area contributed by atoms with Crippen LogP contribution in [0, 0.1) is 0 Å². The first-order chi connectivity index (χ1) is 6.43. The summed E-state index contributed by atoms with van der Waals surface area (Å²) in [7, 11) is 0. The molecule has 0 aliphatic carbocycles. The van der Waals surface area contributed by atoms with Gasteiger partial charge >= 0.3 is 0 Å². The van der Waals surface area contributed by atoms with Gasteiger partial charge in [0.05, 0.1) is 0 Å². The fraction of sp³-hybridized carbons (Fsp3) is 1.00. The molecule has 13 heavy (non-hydrogen) atoms. The first-order valence-electron chi connectivity index (χ1n) is 6.17. The highest BCUT2D eigenvalue weighted by Crippen LogP contribution is 2.14. The van der Waals surface area contributed by atoms with Crippen LogP contribution in [0.3, 0.4) is 0 Å². The van der Waals surface area contributed by atoms with Gasteiger partial charge < -0.3 is 5.32 Å². The van der Waals surface area contributed by atoms with Gasteiger partial charge in [0.1, 0.15) is 0 Å². The van der Waals surface area contributed by atoms with Crippen LogP contribution in [0.2, 0.25) is 0 Å². The molecule has 1 fully saturated rings. The smallest absolute Gasteiger partial charge is 0.00670 e. The summed E-state index contributed by atoms with van der Waals surface area (Å²) >= 11 is 0.